The minimum Gasteiger partial charge on any atom is -0.493 e. The zero-order valence-corrected chi connectivity index (χ0v) is 14.0. The molecule has 2 heterocycles. The Labute approximate surface area is 141 Å². The maximum absolute atomic E-state index is 12.4. The van der Waals surface area contributed by atoms with Crippen LogP contribution in [0.5, 0.6) is 0 Å². The number of ether oxygens (including phenoxy) is 2. The Kier molecular flexibility index (Phi) is 4.85. The lowest BCUT2D eigenvalue weighted by Gasteiger charge is -2.36. The van der Waals surface area contributed by atoms with E-state index in [0.717, 1.165) is 12.1 Å². The van der Waals surface area contributed by atoms with Crippen molar-refractivity contribution in [1.29, 1.82) is 0 Å². The standard InChI is InChI=1S/C18H22N2O4/c1-12-15(18(22)23-2)10-14(24-12)11-20-9-8-19-17(21)16(20)13-6-4-3-5-7-13/h3-7,14,16H,8-11H2,1-2H3,(H,19,21)/t14-,16-/m1/s1. The molecule has 1 amide bonds. The van der Waals surface area contributed by atoms with E-state index in [4.69, 9.17) is 9.47 Å². The molecular formula is C18H22N2O4. The molecule has 2 aliphatic heterocycles. The van der Waals surface area contributed by atoms with E-state index in [0.29, 0.717) is 30.8 Å². The summed E-state index contributed by atoms with van der Waals surface area (Å²) in [7, 11) is 1.37. The van der Waals surface area contributed by atoms with E-state index in [2.05, 4.69) is 10.2 Å². The summed E-state index contributed by atoms with van der Waals surface area (Å²) in [6.07, 6.45) is 0.370. The molecule has 3 rings (SSSR count). The van der Waals surface area contributed by atoms with Gasteiger partial charge >= 0.3 is 5.97 Å². The van der Waals surface area contributed by atoms with Gasteiger partial charge in [0, 0.05) is 26.1 Å². The first-order chi connectivity index (χ1) is 11.6. The number of benzene rings is 1. The van der Waals surface area contributed by atoms with Crippen LogP contribution in [0.2, 0.25) is 0 Å². The third-order valence-corrected chi connectivity index (χ3v) is 4.50. The molecule has 0 aliphatic carbocycles. The summed E-state index contributed by atoms with van der Waals surface area (Å²) in [6.45, 7) is 3.73. The van der Waals surface area contributed by atoms with Gasteiger partial charge in [-0.15, -0.1) is 0 Å². The van der Waals surface area contributed by atoms with E-state index >= 15 is 0 Å². The number of nitrogens with zero attached hydrogens (tertiary/aromatic N) is 1. The summed E-state index contributed by atoms with van der Waals surface area (Å²) < 4.78 is 10.6. The van der Waals surface area contributed by atoms with Crippen LogP contribution >= 0.6 is 0 Å². The molecule has 1 saturated heterocycles. The SMILES string of the molecule is COC(=O)C1=C(C)O[C@@H](CN2CCNC(=O)[C@H]2c2ccccc2)C1. The quantitative estimate of drug-likeness (QED) is 0.845. The zero-order chi connectivity index (χ0) is 17.1. The molecule has 2 aliphatic rings. The first kappa shape index (κ1) is 16.5. The van der Waals surface area contributed by atoms with Gasteiger partial charge in [0.2, 0.25) is 5.91 Å². The topological polar surface area (TPSA) is 67.9 Å². The van der Waals surface area contributed by atoms with Crippen LogP contribution in [0.15, 0.2) is 41.7 Å². The monoisotopic (exact) mass is 330 g/mol. The summed E-state index contributed by atoms with van der Waals surface area (Å²) >= 11 is 0. The summed E-state index contributed by atoms with van der Waals surface area (Å²) in [6, 6.07) is 9.39. The Bertz CT molecular complexity index is 656. The minimum absolute atomic E-state index is 0.00307. The normalized spacial score (nSPS) is 24.5. The predicted molar refractivity (Wildman–Crippen MR) is 88.0 cm³/mol. The average molecular weight is 330 g/mol. The zero-order valence-electron chi connectivity index (χ0n) is 14.0. The van der Waals surface area contributed by atoms with Gasteiger partial charge in [-0.2, -0.15) is 0 Å². The van der Waals surface area contributed by atoms with Gasteiger partial charge in [0.1, 0.15) is 17.9 Å². The molecule has 24 heavy (non-hydrogen) atoms. The molecule has 6 heteroatoms. The van der Waals surface area contributed by atoms with Gasteiger partial charge in [-0.05, 0) is 12.5 Å². The number of nitrogens with one attached hydrogen (secondary N) is 1. The van der Waals surface area contributed by atoms with Gasteiger partial charge in [0.25, 0.3) is 0 Å². The first-order valence-electron chi connectivity index (χ1n) is 8.11. The highest BCUT2D eigenvalue weighted by atomic mass is 16.5. The van der Waals surface area contributed by atoms with Crippen molar-refractivity contribution < 1.29 is 19.1 Å². The van der Waals surface area contributed by atoms with Crippen molar-refractivity contribution in [3.05, 3.63) is 47.2 Å². The Morgan fingerprint density at radius 3 is 2.83 bits per heavy atom. The second-order valence-corrected chi connectivity index (χ2v) is 6.07. The number of carbonyl (C=O) groups is 2. The fraction of sp³-hybridized carbons (Fsp3) is 0.444. The lowest BCUT2D eigenvalue weighted by Crippen LogP contribution is -2.51. The number of methoxy groups -OCH3 is 1. The first-order valence-corrected chi connectivity index (χ1v) is 8.11. The van der Waals surface area contributed by atoms with Gasteiger partial charge in [0.15, 0.2) is 0 Å². The fourth-order valence-corrected chi connectivity index (χ4v) is 3.36. The molecule has 1 fully saturated rings. The van der Waals surface area contributed by atoms with E-state index in [1.165, 1.54) is 7.11 Å². The molecule has 0 aromatic heterocycles. The van der Waals surface area contributed by atoms with Gasteiger partial charge in [-0.3, -0.25) is 9.69 Å². The number of rotatable bonds is 4. The molecule has 0 radical (unpaired) electrons. The number of esters is 1. The summed E-state index contributed by atoms with van der Waals surface area (Å²) in [4.78, 5) is 26.3. The van der Waals surface area contributed by atoms with Crippen LogP contribution in [0.4, 0.5) is 0 Å². The van der Waals surface area contributed by atoms with Crippen molar-refractivity contribution >= 4 is 11.9 Å². The van der Waals surface area contributed by atoms with Gasteiger partial charge < -0.3 is 14.8 Å². The fourth-order valence-electron chi connectivity index (χ4n) is 3.36. The predicted octanol–water partition coefficient (Wildman–Crippen LogP) is 1.40. The van der Waals surface area contributed by atoms with Crippen LogP contribution in [-0.2, 0) is 19.1 Å². The number of hydrogen-bond acceptors (Lipinski definition) is 5. The summed E-state index contributed by atoms with van der Waals surface area (Å²) in [5.74, 6) is 0.277. The molecule has 0 spiro atoms. The van der Waals surface area contributed by atoms with E-state index in [-0.39, 0.29) is 24.0 Å². The lowest BCUT2D eigenvalue weighted by molar-refractivity contribution is -0.136. The maximum Gasteiger partial charge on any atom is 0.337 e. The molecule has 6 nitrogen and oxygen atoms in total. The molecule has 0 bridgehead atoms. The van der Waals surface area contributed by atoms with Crippen molar-refractivity contribution in [1.82, 2.24) is 10.2 Å². The number of hydrogen-bond donors (Lipinski definition) is 1. The molecule has 2 atom stereocenters. The Balaban J connectivity index is 1.72. The number of piperazine rings is 1. The van der Waals surface area contributed by atoms with Crippen molar-refractivity contribution in [2.75, 3.05) is 26.7 Å². The number of carbonyl (C=O) groups excluding carboxylic acids is 2. The van der Waals surface area contributed by atoms with E-state index in [1.807, 2.05) is 30.3 Å². The van der Waals surface area contributed by atoms with E-state index < -0.39 is 0 Å². The van der Waals surface area contributed by atoms with Crippen LogP contribution < -0.4 is 5.32 Å². The number of allylic oxidation sites excluding steroid dienone is 1. The minimum atomic E-state index is -0.342. The highest BCUT2D eigenvalue weighted by Gasteiger charge is 2.36. The molecule has 1 aromatic rings. The van der Waals surface area contributed by atoms with Crippen molar-refractivity contribution in [3.8, 4) is 0 Å². The van der Waals surface area contributed by atoms with E-state index in [1.54, 1.807) is 6.92 Å². The van der Waals surface area contributed by atoms with E-state index in [9.17, 15) is 9.59 Å². The molecule has 128 valence electrons. The summed E-state index contributed by atoms with van der Waals surface area (Å²) in [5.41, 5.74) is 1.55. The van der Waals surface area contributed by atoms with Crippen LogP contribution in [0, 0.1) is 0 Å². The third-order valence-electron chi connectivity index (χ3n) is 4.50. The highest BCUT2D eigenvalue weighted by Crippen LogP contribution is 2.29. The second kappa shape index (κ2) is 7.05. The van der Waals surface area contributed by atoms with Crippen molar-refractivity contribution in [3.63, 3.8) is 0 Å². The molecule has 0 saturated carbocycles. The van der Waals surface area contributed by atoms with Gasteiger partial charge in [-0.1, -0.05) is 30.3 Å². The average Bonchev–Trinajstić information content (AvgIpc) is 2.95. The Morgan fingerprint density at radius 2 is 2.12 bits per heavy atom. The molecule has 1 aromatic carbocycles. The van der Waals surface area contributed by atoms with Crippen LogP contribution in [0.25, 0.3) is 0 Å². The van der Waals surface area contributed by atoms with Crippen LogP contribution in [-0.4, -0.2) is 49.6 Å². The highest BCUT2D eigenvalue weighted by molar-refractivity contribution is 5.89. The number of amides is 1. The maximum atomic E-state index is 12.4. The van der Waals surface area contributed by atoms with Gasteiger partial charge in [0.05, 0.1) is 12.7 Å². The van der Waals surface area contributed by atoms with Crippen molar-refractivity contribution in [2.45, 2.75) is 25.5 Å². The van der Waals surface area contributed by atoms with Crippen LogP contribution in [0.3, 0.4) is 0 Å². The molecule has 1 N–H and O–H groups in total. The second-order valence-electron chi connectivity index (χ2n) is 6.07. The third kappa shape index (κ3) is 3.28. The Morgan fingerprint density at radius 1 is 1.38 bits per heavy atom. The Hall–Kier alpha value is -2.34. The molecular weight excluding hydrogens is 308 g/mol. The van der Waals surface area contributed by atoms with Crippen LogP contribution in [0.1, 0.15) is 24.9 Å². The van der Waals surface area contributed by atoms with Crippen molar-refractivity contribution in [2.24, 2.45) is 0 Å². The summed E-state index contributed by atoms with van der Waals surface area (Å²) in [5, 5.41) is 2.92. The largest absolute Gasteiger partial charge is 0.493 e. The smallest absolute Gasteiger partial charge is 0.337 e. The molecule has 0 unspecified atom stereocenters. The lowest BCUT2D eigenvalue weighted by atomic mass is 10.0. The van der Waals surface area contributed by atoms with Gasteiger partial charge in [-0.25, -0.2) is 4.79 Å².